The summed E-state index contributed by atoms with van der Waals surface area (Å²) in [5, 5.41) is 17.0. The van der Waals surface area contributed by atoms with Crippen molar-refractivity contribution >= 4 is 29.9 Å². The molecule has 0 aliphatic carbocycles. The SMILES string of the molecule is CCNC(=NCCCN1CCC(O)CC1)N1CCN(Cc2ccon2)CC1.I. The Balaban J connectivity index is 0.00000280. The lowest BCUT2D eigenvalue weighted by molar-refractivity contribution is 0.0824. The zero-order valence-electron chi connectivity index (χ0n) is 16.9. The number of nitrogens with zero attached hydrogens (tertiary/aromatic N) is 5. The summed E-state index contributed by atoms with van der Waals surface area (Å²) in [5.74, 6) is 1.03. The van der Waals surface area contributed by atoms with Crippen LogP contribution in [-0.4, -0.2) is 95.9 Å². The second-order valence-corrected chi connectivity index (χ2v) is 7.42. The van der Waals surface area contributed by atoms with Crippen LogP contribution >= 0.6 is 24.0 Å². The first kappa shape index (κ1) is 23.4. The lowest BCUT2D eigenvalue weighted by Crippen LogP contribution is -2.52. The van der Waals surface area contributed by atoms with Crippen LogP contribution < -0.4 is 5.32 Å². The number of nitrogens with one attached hydrogen (secondary N) is 1. The highest BCUT2D eigenvalue weighted by Crippen LogP contribution is 2.10. The third kappa shape index (κ3) is 7.49. The van der Waals surface area contributed by atoms with E-state index < -0.39 is 0 Å². The summed E-state index contributed by atoms with van der Waals surface area (Å²) in [4.78, 5) is 12.1. The largest absolute Gasteiger partial charge is 0.393 e. The molecular weight excluding hydrogens is 471 g/mol. The highest BCUT2D eigenvalue weighted by Gasteiger charge is 2.20. The van der Waals surface area contributed by atoms with Gasteiger partial charge in [-0.2, -0.15) is 0 Å². The van der Waals surface area contributed by atoms with Gasteiger partial charge in [-0.3, -0.25) is 9.89 Å². The maximum Gasteiger partial charge on any atom is 0.194 e. The van der Waals surface area contributed by atoms with Gasteiger partial charge in [0.1, 0.15) is 6.26 Å². The highest BCUT2D eigenvalue weighted by atomic mass is 127. The number of aliphatic hydroxyl groups is 1. The molecule has 2 N–H and O–H groups in total. The van der Waals surface area contributed by atoms with Gasteiger partial charge in [0.2, 0.25) is 0 Å². The third-order valence-corrected chi connectivity index (χ3v) is 5.33. The number of aromatic nitrogens is 1. The van der Waals surface area contributed by atoms with Crippen LogP contribution in [0.15, 0.2) is 21.8 Å². The summed E-state index contributed by atoms with van der Waals surface area (Å²) in [5.41, 5.74) is 0.995. The van der Waals surface area contributed by atoms with Crippen molar-refractivity contribution in [3.05, 3.63) is 18.0 Å². The van der Waals surface area contributed by atoms with Gasteiger partial charge in [0.15, 0.2) is 5.96 Å². The van der Waals surface area contributed by atoms with Crippen LogP contribution in [0, 0.1) is 0 Å². The molecule has 0 aromatic carbocycles. The second-order valence-electron chi connectivity index (χ2n) is 7.42. The lowest BCUT2D eigenvalue weighted by Gasteiger charge is -2.36. The van der Waals surface area contributed by atoms with Gasteiger partial charge in [-0.1, -0.05) is 5.16 Å². The van der Waals surface area contributed by atoms with E-state index in [0.717, 1.165) is 96.4 Å². The molecule has 2 fully saturated rings. The molecule has 0 saturated carbocycles. The van der Waals surface area contributed by atoms with E-state index in [4.69, 9.17) is 9.52 Å². The number of aliphatic hydroxyl groups excluding tert-OH is 1. The number of rotatable bonds is 7. The Kier molecular flexibility index (Phi) is 10.5. The smallest absolute Gasteiger partial charge is 0.194 e. The number of piperazine rings is 1. The fraction of sp³-hybridized carbons (Fsp3) is 0.789. The van der Waals surface area contributed by atoms with Gasteiger partial charge in [-0.15, -0.1) is 24.0 Å². The van der Waals surface area contributed by atoms with Crippen LogP contribution in [0.3, 0.4) is 0 Å². The zero-order valence-corrected chi connectivity index (χ0v) is 19.3. The van der Waals surface area contributed by atoms with Gasteiger partial charge in [-0.25, -0.2) is 0 Å². The molecule has 2 saturated heterocycles. The number of piperidine rings is 1. The Labute approximate surface area is 185 Å². The average Bonchev–Trinajstić information content (AvgIpc) is 3.19. The van der Waals surface area contributed by atoms with Crippen molar-refractivity contribution in [1.82, 2.24) is 25.2 Å². The number of aliphatic imine (C=N–C) groups is 1. The molecule has 0 spiro atoms. The van der Waals surface area contributed by atoms with Crippen LogP contribution in [0.4, 0.5) is 0 Å². The van der Waals surface area contributed by atoms with Crippen molar-refractivity contribution in [1.29, 1.82) is 0 Å². The van der Waals surface area contributed by atoms with Gasteiger partial charge in [0, 0.05) is 65.0 Å². The van der Waals surface area contributed by atoms with Crippen molar-refractivity contribution in [3.63, 3.8) is 0 Å². The molecule has 8 nitrogen and oxygen atoms in total. The van der Waals surface area contributed by atoms with Gasteiger partial charge < -0.3 is 24.7 Å². The first-order chi connectivity index (χ1) is 13.2. The average molecular weight is 506 g/mol. The molecule has 2 aliphatic heterocycles. The van der Waals surface area contributed by atoms with Crippen LogP contribution in [0.2, 0.25) is 0 Å². The van der Waals surface area contributed by atoms with Gasteiger partial charge in [-0.05, 0) is 32.7 Å². The number of guanidine groups is 1. The van der Waals surface area contributed by atoms with Crippen molar-refractivity contribution in [2.24, 2.45) is 4.99 Å². The summed E-state index contributed by atoms with van der Waals surface area (Å²) in [7, 11) is 0. The molecule has 0 bridgehead atoms. The Morgan fingerprint density at radius 1 is 1.21 bits per heavy atom. The standard InChI is InChI=1S/C19H34N6O2.HI/c1-2-20-19(21-7-3-8-23-9-4-18(26)5-10-23)25-13-11-24(12-14-25)16-17-6-15-27-22-17;/h6,15,18,26H,2-5,7-14,16H2,1H3,(H,20,21);1H. The van der Waals surface area contributed by atoms with Gasteiger partial charge in [0.25, 0.3) is 0 Å². The van der Waals surface area contributed by atoms with Crippen LogP contribution in [0.25, 0.3) is 0 Å². The first-order valence-electron chi connectivity index (χ1n) is 10.3. The van der Waals surface area contributed by atoms with E-state index in [1.807, 2.05) is 6.07 Å². The topological polar surface area (TPSA) is 80.4 Å². The monoisotopic (exact) mass is 506 g/mol. The summed E-state index contributed by atoms with van der Waals surface area (Å²) >= 11 is 0. The van der Waals surface area contributed by atoms with Crippen molar-refractivity contribution < 1.29 is 9.63 Å². The minimum Gasteiger partial charge on any atom is -0.393 e. The summed E-state index contributed by atoms with van der Waals surface area (Å²) in [6.07, 6.45) is 4.42. The predicted molar refractivity (Wildman–Crippen MR) is 121 cm³/mol. The maximum atomic E-state index is 9.59. The Hall–Kier alpha value is -0.910. The molecule has 0 unspecified atom stereocenters. The number of halogens is 1. The molecule has 28 heavy (non-hydrogen) atoms. The van der Waals surface area contributed by atoms with E-state index in [0.29, 0.717) is 0 Å². The minimum atomic E-state index is -0.0948. The van der Waals surface area contributed by atoms with Crippen LogP contribution in [0.5, 0.6) is 0 Å². The lowest BCUT2D eigenvalue weighted by atomic mass is 10.1. The quantitative estimate of drug-likeness (QED) is 0.249. The maximum absolute atomic E-state index is 9.59. The highest BCUT2D eigenvalue weighted by molar-refractivity contribution is 14.0. The van der Waals surface area contributed by atoms with E-state index in [-0.39, 0.29) is 30.1 Å². The molecule has 1 aromatic heterocycles. The molecule has 3 rings (SSSR count). The molecule has 0 radical (unpaired) electrons. The first-order valence-corrected chi connectivity index (χ1v) is 10.3. The molecule has 0 atom stereocenters. The third-order valence-electron chi connectivity index (χ3n) is 5.33. The Bertz CT molecular complexity index is 555. The number of likely N-dealkylation sites (tertiary alicyclic amines) is 1. The van der Waals surface area contributed by atoms with Crippen molar-refractivity contribution in [2.45, 2.75) is 38.8 Å². The van der Waals surface area contributed by atoms with E-state index in [9.17, 15) is 5.11 Å². The molecule has 2 aliphatic rings. The van der Waals surface area contributed by atoms with Crippen molar-refractivity contribution in [3.8, 4) is 0 Å². The molecule has 160 valence electrons. The van der Waals surface area contributed by atoms with E-state index in [2.05, 4.69) is 32.1 Å². The second kappa shape index (κ2) is 12.6. The fourth-order valence-electron chi connectivity index (χ4n) is 3.71. The van der Waals surface area contributed by atoms with Crippen molar-refractivity contribution in [2.75, 3.05) is 58.9 Å². The molecule has 3 heterocycles. The summed E-state index contributed by atoms with van der Waals surface area (Å²) < 4.78 is 4.92. The molecule has 9 heteroatoms. The summed E-state index contributed by atoms with van der Waals surface area (Å²) in [6.45, 7) is 11.8. The molecule has 1 aromatic rings. The minimum absolute atomic E-state index is 0. The molecule has 0 amide bonds. The normalized spacial score (nSPS) is 20.2. The number of hydrogen-bond donors (Lipinski definition) is 2. The van der Waals surface area contributed by atoms with Gasteiger partial charge >= 0.3 is 0 Å². The van der Waals surface area contributed by atoms with E-state index in [1.165, 1.54) is 0 Å². The zero-order chi connectivity index (χ0) is 18.9. The summed E-state index contributed by atoms with van der Waals surface area (Å²) in [6, 6.07) is 1.93. The Morgan fingerprint density at radius 3 is 2.61 bits per heavy atom. The van der Waals surface area contributed by atoms with Crippen LogP contribution in [-0.2, 0) is 6.54 Å². The predicted octanol–water partition coefficient (Wildman–Crippen LogP) is 1.22. The van der Waals surface area contributed by atoms with Crippen LogP contribution in [0.1, 0.15) is 31.9 Å². The molecular formula is C19H35IN6O2. The van der Waals surface area contributed by atoms with Gasteiger partial charge in [0.05, 0.1) is 11.8 Å². The number of hydrogen-bond acceptors (Lipinski definition) is 6. The van der Waals surface area contributed by atoms with E-state index in [1.54, 1.807) is 6.26 Å². The Morgan fingerprint density at radius 2 is 1.96 bits per heavy atom. The van der Waals surface area contributed by atoms with E-state index >= 15 is 0 Å². The fourth-order valence-corrected chi connectivity index (χ4v) is 3.71.